The summed E-state index contributed by atoms with van der Waals surface area (Å²) in [6.45, 7) is 4.41. The standard InChI is InChI=1S/C17H23ClFNO4S/c1-10(2)11-4-6-12(7-5-11)24-16-9-15(19)13(8-14(16)18)17(21)20-25(3,22)23/h8-12H,4-7H2,1-3H3,(H,20,21)/t11-,12-. The van der Waals surface area contributed by atoms with E-state index in [4.69, 9.17) is 16.3 Å². The third-order valence-corrected chi connectivity index (χ3v) is 5.35. The number of halogens is 2. The summed E-state index contributed by atoms with van der Waals surface area (Å²) in [5.41, 5.74) is -0.439. The molecule has 0 radical (unpaired) electrons. The van der Waals surface area contributed by atoms with Gasteiger partial charge < -0.3 is 4.74 Å². The summed E-state index contributed by atoms with van der Waals surface area (Å²) < 4.78 is 43.9. The molecule has 0 spiro atoms. The van der Waals surface area contributed by atoms with Crippen LogP contribution in [0.1, 0.15) is 49.9 Å². The van der Waals surface area contributed by atoms with Crippen LogP contribution in [0.2, 0.25) is 5.02 Å². The molecule has 0 heterocycles. The lowest BCUT2D eigenvalue weighted by Gasteiger charge is -2.31. The maximum absolute atomic E-state index is 14.2. The molecule has 1 saturated carbocycles. The van der Waals surface area contributed by atoms with Crippen molar-refractivity contribution in [3.63, 3.8) is 0 Å². The van der Waals surface area contributed by atoms with E-state index in [-0.39, 0.29) is 16.9 Å². The van der Waals surface area contributed by atoms with Crippen LogP contribution in [-0.4, -0.2) is 26.7 Å². The largest absolute Gasteiger partial charge is 0.489 e. The molecule has 1 aromatic carbocycles. The normalized spacial score (nSPS) is 21.2. The maximum atomic E-state index is 14.2. The number of hydrogen-bond acceptors (Lipinski definition) is 4. The van der Waals surface area contributed by atoms with Gasteiger partial charge in [-0.15, -0.1) is 0 Å². The average molecular weight is 392 g/mol. The van der Waals surface area contributed by atoms with Gasteiger partial charge in [-0.25, -0.2) is 17.5 Å². The second kappa shape index (κ2) is 7.91. The Bertz CT molecular complexity index is 743. The summed E-state index contributed by atoms with van der Waals surface area (Å²) in [5.74, 6) is -0.464. The van der Waals surface area contributed by atoms with Crippen LogP contribution in [0.3, 0.4) is 0 Å². The maximum Gasteiger partial charge on any atom is 0.267 e. The van der Waals surface area contributed by atoms with E-state index in [2.05, 4.69) is 13.8 Å². The van der Waals surface area contributed by atoms with E-state index in [9.17, 15) is 17.6 Å². The number of rotatable bonds is 5. The molecule has 0 aliphatic heterocycles. The van der Waals surface area contributed by atoms with Gasteiger partial charge in [0.2, 0.25) is 10.0 Å². The molecule has 2 rings (SSSR count). The molecule has 8 heteroatoms. The Hall–Kier alpha value is -1.34. The van der Waals surface area contributed by atoms with Crippen LogP contribution in [0.5, 0.6) is 5.75 Å². The minimum atomic E-state index is -3.79. The van der Waals surface area contributed by atoms with Crippen LogP contribution in [0.4, 0.5) is 4.39 Å². The van der Waals surface area contributed by atoms with E-state index in [0.29, 0.717) is 11.8 Å². The summed E-state index contributed by atoms with van der Waals surface area (Å²) in [6, 6.07) is 2.13. The number of hydrogen-bond donors (Lipinski definition) is 1. The van der Waals surface area contributed by atoms with Crippen LogP contribution >= 0.6 is 11.6 Å². The second-order valence-corrected chi connectivity index (χ2v) is 9.02. The molecule has 0 saturated heterocycles. The Morgan fingerprint density at radius 3 is 2.40 bits per heavy atom. The predicted octanol–water partition coefficient (Wildman–Crippen LogP) is 3.76. The smallest absolute Gasteiger partial charge is 0.267 e. The highest BCUT2D eigenvalue weighted by Crippen LogP contribution is 2.35. The van der Waals surface area contributed by atoms with Crippen molar-refractivity contribution < 1.29 is 22.3 Å². The Kier molecular flexibility index (Phi) is 6.32. The van der Waals surface area contributed by atoms with Gasteiger partial charge in [0.15, 0.2) is 0 Å². The molecular formula is C17H23ClFNO4S. The number of amides is 1. The van der Waals surface area contributed by atoms with Crippen LogP contribution in [-0.2, 0) is 10.0 Å². The fourth-order valence-corrected chi connectivity index (χ4v) is 3.72. The van der Waals surface area contributed by atoms with Crippen LogP contribution in [0.25, 0.3) is 0 Å². The van der Waals surface area contributed by atoms with E-state index in [1.165, 1.54) is 0 Å². The second-order valence-electron chi connectivity index (χ2n) is 6.86. The van der Waals surface area contributed by atoms with Crippen LogP contribution in [0.15, 0.2) is 12.1 Å². The van der Waals surface area contributed by atoms with Crippen LogP contribution < -0.4 is 9.46 Å². The SMILES string of the molecule is CC(C)[C@H]1CC[C@H](Oc2cc(F)c(C(=O)NS(C)(=O)=O)cc2Cl)CC1. The first-order valence-electron chi connectivity index (χ1n) is 8.24. The first-order valence-corrected chi connectivity index (χ1v) is 10.5. The van der Waals surface area contributed by atoms with Crippen molar-refractivity contribution in [2.75, 3.05) is 6.26 Å². The van der Waals surface area contributed by atoms with Gasteiger partial charge in [0, 0.05) is 6.07 Å². The van der Waals surface area contributed by atoms with E-state index in [1.54, 1.807) is 4.72 Å². The molecule has 1 amide bonds. The third kappa shape index (κ3) is 5.57. The number of ether oxygens (including phenoxy) is 1. The third-order valence-electron chi connectivity index (χ3n) is 4.50. The minimum Gasteiger partial charge on any atom is -0.489 e. The van der Waals surface area contributed by atoms with Crippen LogP contribution in [0, 0.1) is 17.7 Å². The van der Waals surface area contributed by atoms with Crippen molar-refractivity contribution in [3.05, 3.63) is 28.5 Å². The fourth-order valence-electron chi connectivity index (χ4n) is 3.07. The summed E-state index contributed by atoms with van der Waals surface area (Å²) in [7, 11) is -3.79. The van der Waals surface area contributed by atoms with Gasteiger partial charge in [-0.3, -0.25) is 4.79 Å². The van der Waals surface area contributed by atoms with Gasteiger partial charge >= 0.3 is 0 Å². The zero-order chi connectivity index (χ0) is 18.8. The van der Waals surface area contributed by atoms with Crippen molar-refractivity contribution in [2.45, 2.75) is 45.6 Å². The highest BCUT2D eigenvalue weighted by molar-refractivity contribution is 7.89. The van der Waals surface area contributed by atoms with Crippen molar-refractivity contribution in [1.29, 1.82) is 0 Å². The number of sulfonamides is 1. The van der Waals surface area contributed by atoms with E-state index < -0.39 is 27.3 Å². The summed E-state index contributed by atoms with van der Waals surface area (Å²) >= 11 is 6.09. The monoisotopic (exact) mass is 391 g/mol. The molecule has 25 heavy (non-hydrogen) atoms. The molecule has 1 aliphatic rings. The van der Waals surface area contributed by atoms with E-state index >= 15 is 0 Å². The van der Waals surface area contributed by atoms with Gasteiger partial charge in [-0.1, -0.05) is 25.4 Å². The summed E-state index contributed by atoms with van der Waals surface area (Å²) in [5, 5.41) is 0.0750. The van der Waals surface area contributed by atoms with Crippen molar-refractivity contribution in [3.8, 4) is 5.75 Å². The lowest BCUT2D eigenvalue weighted by Crippen LogP contribution is -2.30. The summed E-state index contributed by atoms with van der Waals surface area (Å²) in [6.07, 6.45) is 4.63. The highest BCUT2D eigenvalue weighted by atomic mass is 35.5. The molecule has 1 fully saturated rings. The van der Waals surface area contributed by atoms with E-state index in [1.807, 2.05) is 0 Å². The number of benzene rings is 1. The Balaban J connectivity index is 2.09. The molecule has 140 valence electrons. The molecule has 0 aromatic heterocycles. The number of nitrogens with one attached hydrogen (secondary N) is 1. The summed E-state index contributed by atoms with van der Waals surface area (Å²) in [4.78, 5) is 11.8. The van der Waals surface area contributed by atoms with E-state index in [0.717, 1.165) is 44.1 Å². The van der Waals surface area contributed by atoms with Crippen molar-refractivity contribution >= 4 is 27.5 Å². The zero-order valence-corrected chi connectivity index (χ0v) is 16.1. The first-order chi connectivity index (χ1) is 11.6. The molecule has 0 bridgehead atoms. The van der Waals surface area contributed by atoms with Crippen molar-refractivity contribution in [1.82, 2.24) is 4.72 Å². The Morgan fingerprint density at radius 2 is 1.88 bits per heavy atom. The van der Waals surface area contributed by atoms with Gasteiger partial charge in [0.1, 0.15) is 11.6 Å². The lowest BCUT2D eigenvalue weighted by atomic mass is 9.80. The fraction of sp³-hybridized carbons (Fsp3) is 0.588. The van der Waals surface area contributed by atoms with Gasteiger partial charge in [-0.05, 0) is 43.6 Å². The molecule has 5 nitrogen and oxygen atoms in total. The van der Waals surface area contributed by atoms with Gasteiger partial charge in [0.25, 0.3) is 5.91 Å². The van der Waals surface area contributed by atoms with Gasteiger partial charge in [-0.2, -0.15) is 0 Å². The first kappa shape index (κ1) is 20.0. The average Bonchev–Trinajstić information content (AvgIpc) is 2.49. The zero-order valence-electron chi connectivity index (χ0n) is 14.5. The minimum absolute atomic E-state index is 0.0393. The number of carbonyl (C=O) groups excluding carboxylic acids is 1. The lowest BCUT2D eigenvalue weighted by molar-refractivity contribution is 0.0977. The number of carbonyl (C=O) groups is 1. The highest BCUT2D eigenvalue weighted by Gasteiger charge is 2.26. The van der Waals surface area contributed by atoms with Gasteiger partial charge in [0.05, 0.1) is 22.9 Å². The topological polar surface area (TPSA) is 72.5 Å². The Labute approximate surface area is 152 Å². The van der Waals surface area contributed by atoms with Crippen molar-refractivity contribution in [2.24, 2.45) is 11.8 Å². The molecule has 0 unspecified atom stereocenters. The molecular weight excluding hydrogens is 369 g/mol. The molecule has 1 aromatic rings. The molecule has 1 N–H and O–H groups in total. The predicted molar refractivity (Wildman–Crippen MR) is 94.9 cm³/mol. The Morgan fingerprint density at radius 1 is 1.28 bits per heavy atom. The quantitative estimate of drug-likeness (QED) is 0.829. The molecule has 1 aliphatic carbocycles. The molecule has 0 atom stereocenters.